The zero-order valence-electron chi connectivity index (χ0n) is 32.8. The number of ether oxygens (including phenoxy) is 6. The van der Waals surface area contributed by atoms with Crippen molar-refractivity contribution in [1.29, 1.82) is 5.26 Å². The highest BCUT2D eigenvalue weighted by molar-refractivity contribution is 5.98. The van der Waals surface area contributed by atoms with Crippen molar-refractivity contribution in [2.75, 3.05) is 11.9 Å². The van der Waals surface area contributed by atoms with E-state index in [9.17, 15) is 24.4 Å². The van der Waals surface area contributed by atoms with Gasteiger partial charge in [0.05, 0.1) is 5.69 Å². The van der Waals surface area contributed by atoms with Crippen LogP contribution in [-0.4, -0.2) is 92.1 Å². The van der Waals surface area contributed by atoms with Gasteiger partial charge in [-0.1, -0.05) is 27.7 Å². The number of esters is 1. The second kappa shape index (κ2) is 14.7. The van der Waals surface area contributed by atoms with Crippen LogP contribution in [0.4, 0.5) is 15.4 Å². The number of fused-ring (bicyclic) bond motifs is 2. The number of amides is 3. The summed E-state index contributed by atoms with van der Waals surface area (Å²) in [6, 6.07) is 4.50. The van der Waals surface area contributed by atoms with Gasteiger partial charge in [0.15, 0.2) is 11.6 Å². The largest absolute Gasteiger partial charge is 0.461 e. The second-order valence-electron chi connectivity index (χ2n) is 16.6. The topological polar surface area (TPSA) is 214 Å². The molecule has 0 aromatic carbocycles. The highest BCUT2D eigenvalue weighted by Crippen LogP contribution is 2.49. The van der Waals surface area contributed by atoms with Gasteiger partial charge >= 0.3 is 18.2 Å². The molecule has 17 heteroatoms. The molecule has 53 heavy (non-hydrogen) atoms. The number of alkyl carbamates (subject to hydrolysis) is 2. The summed E-state index contributed by atoms with van der Waals surface area (Å²) in [4.78, 5) is 56.5. The first kappa shape index (κ1) is 41.2. The molecule has 17 nitrogen and oxygen atoms in total. The predicted octanol–water partition coefficient (Wildman–Crippen LogP) is 4.34. The molecule has 0 saturated carbocycles. The van der Waals surface area contributed by atoms with Crippen LogP contribution < -0.4 is 16.0 Å². The number of anilines is 1. The fourth-order valence-electron chi connectivity index (χ4n) is 5.96. The number of aromatic nitrogens is 3. The monoisotopic (exact) mass is 743 g/mol. The fourth-order valence-corrected chi connectivity index (χ4v) is 5.96. The average Bonchev–Trinajstić information content (AvgIpc) is 3.67. The number of hydrogen-bond donors (Lipinski definition) is 3. The first-order chi connectivity index (χ1) is 24.3. The predicted molar refractivity (Wildman–Crippen MR) is 189 cm³/mol. The molecule has 2 aliphatic rings. The molecule has 3 amide bonds. The summed E-state index contributed by atoms with van der Waals surface area (Å²) in [5.74, 6) is -3.03. The molecule has 0 unspecified atom stereocenters. The Labute approximate surface area is 309 Å². The van der Waals surface area contributed by atoms with Crippen molar-refractivity contribution in [2.24, 2.45) is 11.8 Å². The molecule has 6 atom stereocenters. The Hall–Kier alpha value is -4.53. The minimum Gasteiger partial charge on any atom is -0.461 e. The van der Waals surface area contributed by atoms with Crippen molar-refractivity contribution in [3.8, 4) is 6.07 Å². The zero-order chi connectivity index (χ0) is 39.9. The molecule has 0 bridgehead atoms. The minimum atomic E-state index is -1.83. The van der Waals surface area contributed by atoms with Crippen molar-refractivity contribution in [2.45, 2.75) is 142 Å². The van der Waals surface area contributed by atoms with E-state index in [0.29, 0.717) is 5.52 Å². The summed E-state index contributed by atoms with van der Waals surface area (Å²) >= 11 is 0. The van der Waals surface area contributed by atoms with Crippen molar-refractivity contribution in [1.82, 2.24) is 25.2 Å². The first-order valence-corrected chi connectivity index (χ1v) is 17.6. The van der Waals surface area contributed by atoms with Gasteiger partial charge in [-0.05, 0) is 86.3 Å². The molecule has 0 radical (unpaired) electrons. The van der Waals surface area contributed by atoms with Crippen LogP contribution in [0.3, 0.4) is 0 Å². The maximum Gasteiger partial charge on any atom is 0.408 e. The highest BCUT2D eigenvalue weighted by Gasteiger charge is 2.65. The van der Waals surface area contributed by atoms with Gasteiger partial charge < -0.3 is 44.4 Å². The standard InChI is InChI=1S/C36H53N7O10/c1-19(2)24(40-30(46)52-32(5,6)7)28(44)41-27-21-14-15-23(43(21)39-18-38-27)36(17-37)26-25(50-34(11,12)51-26)22(49-36)16-48-29(45)35(13,20(3)4)42-31(47)53-33(8,9)10/h14-15,18-20,22,24-26H,16H2,1-13H3,(H,40,46)(H,42,47)(H,38,39,41,44)/t22-,24+,25-,26-,35-,36+/m1/s1. The summed E-state index contributed by atoms with van der Waals surface area (Å²) in [6.45, 7) is 21.9. The normalized spacial score (nSPS) is 24.2. The van der Waals surface area contributed by atoms with Crippen LogP contribution in [0.15, 0.2) is 18.5 Å². The van der Waals surface area contributed by atoms with E-state index in [1.807, 2.05) is 0 Å². The molecule has 4 heterocycles. The van der Waals surface area contributed by atoms with Crippen molar-refractivity contribution in [3.05, 3.63) is 24.2 Å². The lowest BCUT2D eigenvalue weighted by molar-refractivity contribution is -0.207. The fraction of sp³-hybridized carbons (Fsp3) is 0.694. The van der Waals surface area contributed by atoms with Crippen LogP contribution in [0.1, 0.15) is 95.7 Å². The Morgan fingerprint density at radius 1 is 0.962 bits per heavy atom. The van der Waals surface area contributed by atoms with Gasteiger partial charge in [-0.25, -0.2) is 23.9 Å². The number of nitrogens with one attached hydrogen (secondary N) is 3. The van der Waals surface area contributed by atoms with Crippen molar-refractivity contribution < 1.29 is 47.6 Å². The third-order valence-corrected chi connectivity index (χ3v) is 8.81. The van der Waals surface area contributed by atoms with E-state index < -0.39 is 82.5 Å². The van der Waals surface area contributed by atoms with E-state index in [1.165, 1.54) is 10.8 Å². The Bertz CT molecular complexity index is 1750. The van der Waals surface area contributed by atoms with Crippen LogP contribution >= 0.6 is 0 Å². The van der Waals surface area contributed by atoms with E-state index in [2.05, 4.69) is 32.1 Å². The van der Waals surface area contributed by atoms with Crippen LogP contribution in [0.2, 0.25) is 0 Å². The average molecular weight is 744 g/mol. The van der Waals surface area contributed by atoms with Gasteiger partial charge in [-0.15, -0.1) is 0 Å². The Morgan fingerprint density at radius 3 is 2.15 bits per heavy atom. The summed E-state index contributed by atoms with van der Waals surface area (Å²) in [5.41, 5.74) is -4.29. The smallest absolute Gasteiger partial charge is 0.408 e. The Morgan fingerprint density at radius 2 is 1.58 bits per heavy atom. The molecular weight excluding hydrogens is 690 g/mol. The van der Waals surface area contributed by atoms with Gasteiger partial charge in [-0.3, -0.25) is 4.79 Å². The molecule has 2 aliphatic heterocycles. The summed E-state index contributed by atoms with van der Waals surface area (Å²) < 4.78 is 36.8. The number of rotatable bonds is 10. The number of nitrogens with zero attached hydrogens (tertiary/aromatic N) is 4. The molecule has 2 fully saturated rings. The van der Waals surface area contributed by atoms with Gasteiger partial charge in [0.1, 0.15) is 65.6 Å². The third kappa shape index (κ3) is 8.99. The number of nitriles is 1. The second-order valence-corrected chi connectivity index (χ2v) is 16.6. The molecule has 2 aromatic rings. The molecule has 0 spiro atoms. The van der Waals surface area contributed by atoms with Gasteiger partial charge in [-0.2, -0.15) is 10.4 Å². The number of carbonyl (C=O) groups excluding carboxylic acids is 4. The van der Waals surface area contributed by atoms with Crippen LogP contribution in [0.5, 0.6) is 0 Å². The highest BCUT2D eigenvalue weighted by atomic mass is 16.8. The van der Waals surface area contributed by atoms with E-state index in [-0.39, 0.29) is 24.0 Å². The van der Waals surface area contributed by atoms with Crippen LogP contribution in [0, 0.1) is 23.2 Å². The minimum absolute atomic E-state index is 0.107. The summed E-state index contributed by atoms with van der Waals surface area (Å²) in [7, 11) is 0. The van der Waals surface area contributed by atoms with E-state index in [0.717, 1.165) is 0 Å². The van der Waals surface area contributed by atoms with Crippen molar-refractivity contribution >= 4 is 35.4 Å². The molecule has 2 aromatic heterocycles. The number of carbonyl (C=O) groups is 4. The summed E-state index contributed by atoms with van der Waals surface area (Å²) in [5, 5.41) is 23.2. The molecule has 3 N–H and O–H groups in total. The van der Waals surface area contributed by atoms with Gasteiger partial charge in [0.25, 0.3) is 0 Å². The maximum atomic E-state index is 13.6. The quantitative estimate of drug-likeness (QED) is 0.229. The molecule has 4 rings (SSSR count). The molecule has 292 valence electrons. The Balaban J connectivity index is 1.61. The zero-order valence-corrected chi connectivity index (χ0v) is 32.8. The number of hydrogen-bond acceptors (Lipinski definition) is 13. The SMILES string of the molecule is CC(C)[C@H](NC(=O)OC(C)(C)C)C(=O)Nc1ncnn2c([C@]3(C#N)O[C@H](COC(=O)[C@](C)(NC(=O)OC(C)(C)C)C(C)C)[C@H]4OC(C)(C)O[C@H]43)ccc12. The van der Waals surface area contributed by atoms with Crippen molar-refractivity contribution in [3.63, 3.8) is 0 Å². The van der Waals surface area contributed by atoms with E-state index in [4.69, 9.17) is 28.4 Å². The first-order valence-electron chi connectivity index (χ1n) is 17.6. The molecular formula is C36H53N7O10. The van der Waals surface area contributed by atoms with Crippen LogP contribution in [-0.2, 0) is 43.6 Å². The maximum absolute atomic E-state index is 13.6. The third-order valence-electron chi connectivity index (χ3n) is 8.81. The Kier molecular flexibility index (Phi) is 11.4. The lowest BCUT2D eigenvalue weighted by Crippen LogP contribution is -2.57. The lowest BCUT2D eigenvalue weighted by atomic mass is 9.88. The molecule has 0 aliphatic carbocycles. The van der Waals surface area contributed by atoms with Gasteiger partial charge in [0.2, 0.25) is 11.5 Å². The molecule has 2 saturated heterocycles. The van der Waals surface area contributed by atoms with Crippen LogP contribution in [0.25, 0.3) is 5.52 Å². The summed E-state index contributed by atoms with van der Waals surface area (Å²) in [6.07, 6.45) is -3.17. The van der Waals surface area contributed by atoms with Gasteiger partial charge in [0, 0.05) is 0 Å². The lowest BCUT2D eigenvalue weighted by Gasteiger charge is -2.34. The van der Waals surface area contributed by atoms with E-state index in [1.54, 1.807) is 102 Å². The van der Waals surface area contributed by atoms with E-state index >= 15 is 0 Å².